The second-order valence-corrected chi connectivity index (χ2v) is 5.49. The molecule has 6 heteroatoms. The average Bonchev–Trinajstić information content (AvgIpc) is 3.32. The molecule has 2 aliphatic rings. The fourth-order valence-corrected chi connectivity index (χ4v) is 2.53. The van der Waals surface area contributed by atoms with Gasteiger partial charge in [-0.05, 0) is 25.0 Å². The van der Waals surface area contributed by atoms with Crippen molar-refractivity contribution >= 4 is 17.3 Å². The van der Waals surface area contributed by atoms with Gasteiger partial charge >= 0.3 is 0 Å². The minimum Gasteiger partial charge on any atom is -0.497 e. The van der Waals surface area contributed by atoms with Gasteiger partial charge in [-0.2, -0.15) is 0 Å². The SMILES string of the molecule is COc1ccc(N)c(N2CCOCC2C(=O)NC2CC2)c1. The van der Waals surface area contributed by atoms with Gasteiger partial charge in [0.05, 0.1) is 31.7 Å². The number of hydrogen-bond donors (Lipinski definition) is 2. The molecule has 1 heterocycles. The van der Waals surface area contributed by atoms with E-state index in [0.29, 0.717) is 31.5 Å². The summed E-state index contributed by atoms with van der Waals surface area (Å²) in [6.07, 6.45) is 2.14. The summed E-state index contributed by atoms with van der Waals surface area (Å²) in [6, 6.07) is 5.49. The van der Waals surface area contributed by atoms with Crippen LogP contribution >= 0.6 is 0 Å². The van der Waals surface area contributed by atoms with E-state index in [2.05, 4.69) is 5.32 Å². The van der Waals surface area contributed by atoms with Crippen molar-refractivity contribution in [3.8, 4) is 5.75 Å². The number of nitrogens with one attached hydrogen (secondary N) is 1. The van der Waals surface area contributed by atoms with Crippen molar-refractivity contribution in [3.63, 3.8) is 0 Å². The van der Waals surface area contributed by atoms with Crippen molar-refractivity contribution in [2.24, 2.45) is 0 Å². The zero-order valence-electron chi connectivity index (χ0n) is 12.2. The molecule has 21 heavy (non-hydrogen) atoms. The van der Waals surface area contributed by atoms with Gasteiger partial charge in [0.2, 0.25) is 5.91 Å². The molecule has 1 unspecified atom stereocenters. The monoisotopic (exact) mass is 291 g/mol. The van der Waals surface area contributed by atoms with Gasteiger partial charge in [-0.1, -0.05) is 0 Å². The zero-order valence-corrected chi connectivity index (χ0v) is 12.2. The molecule has 6 nitrogen and oxygen atoms in total. The highest BCUT2D eigenvalue weighted by atomic mass is 16.5. The summed E-state index contributed by atoms with van der Waals surface area (Å²) in [6.45, 7) is 1.61. The van der Waals surface area contributed by atoms with Crippen molar-refractivity contribution < 1.29 is 14.3 Å². The molecule has 0 spiro atoms. The smallest absolute Gasteiger partial charge is 0.245 e. The topological polar surface area (TPSA) is 76.8 Å². The quantitative estimate of drug-likeness (QED) is 0.801. The standard InChI is InChI=1S/C15H21N3O3/c1-20-11-4-5-12(16)13(8-11)18-6-7-21-9-14(18)15(19)17-10-2-3-10/h4-5,8,10,14H,2-3,6-7,9,16H2,1H3,(H,17,19). The van der Waals surface area contributed by atoms with Crippen molar-refractivity contribution in [1.82, 2.24) is 5.32 Å². The number of nitrogens with zero attached hydrogens (tertiary/aromatic N) is 1. The number of hydrogen-bond acceptors (Lipinski definition) is 5. The predicted octanol–water partition coefficient (Wildman–Crippen LogP) is 0.761. The number of ether oxygens (including phenoxy) is 2. The minimum absolute atomic E-state index is 0.0134. The summed E-state index contributed by atoms with van der Waals surface area (Å²) in [5.74, 6) is 0.742. The lowest BCUT2D eigenvalue weighted by molar-refractivity contribution is -0.124. The molecular weight excluding hydrogens is 270 g/mol. The number of anilines is 2. The van der Waals surface area contributed by atoms with Crippen molar-refractivity contribution in [2.75, 3.05) is 37.5 Å². The van der Waals surface area contributed by atoms with E-state index in [9.17, 15) is 4.79 Å². The van der Waals surface area contributed by atoms with E-state index in [1.54, 1.807) is 13.2 Å². The highest BCUT2D eigenvalue weighted by Gasteiger charge is 2.34. The third-order valence-corrected chi connectivity index (χ3v) is 3.90. The second kappa shape index (κ2) is 5.81. The summed E-state index contributed by atoms with van der Waals surface area (Å²) in [5, 5.41) is 3.04. The van der Waals surface area contributed by atoms with Gasteiger partial charge in [-0.3, -0.25) is 4.79 Å². The summed E-state index contributed by atoms with van der Waals surface area (Å²) >= 11 is 0. The number of morpholine rings is 1. The van der Waals surface area contributed by atoms with E-state index >= 15 is 0 Å². The first kappa shape index (κ1) is 14.0. The molecule has 0 aromatic heterocycles. The normalized spacial score (nSPS) is 22.0. The lowest BCUT2D eigenvalue weighted by Crippen LogP contribution is -2.54. The molecule has 1 saturated heterocycles. The summed E-state index contributed by atoms with van der Waals surface area (Å²) < 4.78 is 10.7. The fourth-order valence-electron chi connectivity index (χ4n) is 2.53. The molecule has 1 aromatic carbocycles. The Hall–Kier alpha value is -1.95. The summed E-state index contributed by atoms with van der Waals surface area (Å²) in [7, 11) is 1.62. The first-order valence-electron chi connectivity index (χ1n) is 7.27. The van der Waals surface area contributed by atoms with Crippen LogP contribution in [0.3, 0.4) is 0 Å². The molecule has 0 radical (unpaired) electrons. The maximum absolute atomic E-state index is 12.4. The molecule has 3 N–H and O–H groups in total. The molecule has 1 aromatic rings. The molecule has 0 bridgehead atoms. The van der Waals surface area contributed by atoms with Crippen LogP contribution in [-0.2, 0) is 9.53 Å². The van der Waals surface area contributed by atoms with E-state index in [1.165, 1.54) is 0 Å². The molecule has 1 aliphatic carbocycles. The Balaban J connectivity index is 1.84. The Labute approximate surface area is 124 Å². The van der Waals surface area contributed by atoms with Gasteiger partial charge in [0.25, 0.3) is 0 Å². The highest BCUT2D eigenvalue weighted by molar-refractivity contribution is 5.87. The van der Waals surface area contributed by atoms with E-state index in [4.69, 9.17) is 15.2 Å². The number of rotatable bonds is 4. The van der Waals surface area contributed by atoms with Gasteiger partial charge in [0, 0.05) is 18.7 Å². The highest BCUT2D eigenvalue weighted by Crippen LogP contribution is 2.31. The Morgan fingerprint density at radius 1 is 1.48 bits per heavy atom. The number of amides is 1. The zero-order chi connectivity index (χ0) is 14.8. The van der Waals surface area contributed by atoms with Crippen LogP contribution in [0.2, 0.25) is 0 Å². The van der Waals surface area contributed by atoms with Crippen LogP contribution in [0.1, 0.15) is 12.8 Å². The third-order valence-electron chi connectivity index (χ3n) is 3.90. The van der Waals surface area contributed by atoms with Crippen LogP contribution in [0.25, 0.3) is 0 Å². The predicted molar refractivity (Wildman–Crippen MR) is 80.5 cm³/mol. The first-order valence-corrected chi connectivity index (χ1v) is 7.27. The average molecular weight is 291 g/mol. The van der Waals surface area contributed by atoms with Crippen LogP contribution in [0, 0.1) is 0 Å². The van der Waals surface area contributed by atoms with Crippen LogP contribution < -0.4 is 20.7 Å². The second-order valence-electron chi connectivity index (χ2n) is 5.49. The molecule has 3 rings (SSSR count). The Kier molecular flexibility index (Phi) is 3.88. The van der Waals surface area contributed by atoms with Crippen molar-refractivity contribution in [3.05, 3.63) is 18.2 Å². The van der Waals surface area contributed by atoms with Gasteiger partial charge in [0.15, 0.2) is 0 Å². The lowest BCUT2D eigenvalue weighted by atomic mass is 10.1. The number of benzene rings is 1. The van der Waals surface area contributed by atoms with Crippen LogP contribution in [0.15, 0.2) is 18.2 Å². The summed E-state index contributed by atoms with van der Waals surface area (Å²) in [5.41, 5.74) is 7.55. The molecule has 2 fully saturated rings. The summed E-state index contributed by atoms with van der Waals surface area (Å²) in [4.78, 5) is 14.4. The molecular formula is C15H21N3O3. The van der Waals surface area contributed by atoms with Gasteiger partial charge in [-0.15, -0.1) is 0 Å². The van der Waals surface area contributed by atoms with E-state index in [-0.39, 0.29) is 11.9 Å². The fraction of sp³-hybridized carbons (Fsp3) is 0.533. The Bertz CT molecular complexity index is 531. The minimum atomic E-state index is -0.339. The number of nitrogens with two attached hydrogens (primary N) is 1. The van der Waals surface area contributed by atoms with Crippen LogP contribution in [0.4, 0.5) is 11.4 Å². The molecule has 1 aliphatic heterocycles. The molecule has 1 atom stereocenters. The molecule has 1 saturated carbocycles. The third kappa shape index (κ3) is 3.05. The van der Waals surface area contributed by atoms with Gasteiger partial charge in [0.1, 0.15) is 11.8 Å². The number of methoxy groups -OCH3 is 1. The van der Waals surface area contributed by atoms with Gasteiger partial charge in [-0.25, -0.2) is 0 Å². The number of carbonyl (C=O) groups excluding carboxylic acids is 1. The molecule has 114 valence electrons. The van der Waals surface area contributed by atoms with E-state index in [0.717, 1.165) is 24.3 Å². The van der Waals surface area contributed by atoms with Crippen molar-refractivity contribution in [2.45, 2.75) is 24.9 Å². The van der Waals surface area contributed by atoms with Crippen LogP contribution in [-0.4, -0.2) is 44.9 Å². The van der Waals surface area contributed by atoms with E-state index < -0.39 is 0 Å². The van der Waals surface area contributed by atoms with Crippen molar-refractivity contribution in [1.29, 1.82) is 0 Å². The first-order chi connectivity index (χ1) is 10.2. The maximum atomic E-state index is 12.4. The lowest BCUT2D eigenvalue weighted by Gasteiger charge is -2.37. The largest absolute Gasteiger partial charge is 0.497 e. The Morgan fingerprint density at radius 3 is 3.00 bits per heavy atom. The van der Waals surface area contributed by atoms with E-state index in [1.807, 2.05) is 17.0 Å². The maximum Gasteiger partial charge on any atom is 0.245 e. The van der Waals surface area contributed by atoms with Gasteiger partial charge < -0.3 is 25.4 Å². The molecule has 1 amide bonds. The Morgan fingerprint density at radius 2 is 2.29 bits per heavy atom. The number of carbonyl (C=O) groups is 1. The number of nitrogen functional groups attached to an aromatic ring is 1. The van der Waals surface area contributed by atoms with Crippen LogP contribution in [0.5, 0.6) is 5.75 Å².